The smallest absolute Gasteiger partial charge is 0.123 e. The van der Waals surface area contributed by atoms with E-state index in [0.717, 1.165) is 30.9 Å². The Hall–Kier alpha value is -1.68. The molecule has 3 nitrogen and oxygen atoms in total. The summed E-state index contributed by atoms with van der Waals surface area (Å²) in [4.78, 5) is 0. The maximum Gasteiger partial charge on any atom is 0.123 e. The van der Waals surface area contributed by atoms with Gasteiger partial charge in [0.15, 0.2) is 0 Å². The highest BCUT2D eigenvalue weighted by Gasteiger charge is 2.00. The maximum absolute atomic E-state index is 12.8. The summed E-state index contributed by atoms with van der Waals surface area (Å²) in [6.07, 6.45) is 2.99. The number of hydrogen-bond donors (Lipinski definition) is 1. The van der Waals surface area contributed by atoms with Crippen LogP contribution < -0.4 is 5.32 Å². The molecule has 0 aliphatic carbocycles. The first kappa shape index (κ1) is 11.8. The molecule has 1 heterocycles. The minimum absolute atomic E-state index is 0.231. The Morgan fingerprint density at radius 2 is 2.00 bits per heavy atom. The van der Waals surface area contributed by atoms with Crippen LogP contribution in [0.25, 0.3) is 5.69 Å². The number of benzene rings is 1. The minimum Gasteiger partial charge on any atom is -0.311 e. The lowest BCUT2D eigenvalue weighted by atomic mass is 10.3. The van der Waals surface area contributed by atoms with E-state index in [1.54, 1.807) is 16.8 Å². The number of rotatable bonds is 5. The first-order valence-corrected chi connectivity index (χ1v) is 5.81. The Kier molecular flexibility index (Phi) is 3.88. The molecule has 0 unspecified atom stereocenters. The molecule has 0 amide bonds. The summed E-state index contributed by atoms with van der Waals surface area (Å²) < 4.78 is 14.5. The summed E-state index contributed by atoms with van der Waals surface area (Å²) in [6, 6.07) is 8.27. The van der Waals surface area contributed by atoms with E-state index in [9.17, 15) is 4.39 Å². The van der Waals surface area contributed by atoms with Crippen molar-refractivity contribution in [2.45, 2.75) is 19.9 Å². The third kappa shape index (κ3) is 3.14. The zero-order chi connectivity index (χ0) is 12.1. The van der Waals surface area contributed by atoms with Crippen LogP contribution in [0.15, 0.2) is 36.5 Å². The predicted molar refractivity (Wildman–Crippen MR) is 65.5 cm³/mol. The van der Waals surface area contributed by atoms with Crippen molar-refractivity contribution >= 4 is 0 Å². The largest absolute Gasteiger partial charge is 0.311 e. The van der Waals surface area contributed by atoms with Crippen LogP contribution in [0, 0.1) is 5.82 Å². The molecule has 0 radical (unpaired) electrons. The SMILES string of the molecule is CCCNCc1ccn(-c2ccc(F)cc2)n1. The van der Waals surface area contributed by atoms with Crippen molar-refractivity contribution in [2.24, 2.45) is 0 Å². The van der Waals surface area contributed by atoms with E-state index < -0.39 is 0 Å². The molecular formula is C13H16FN3. The summed E-state index contributed by atoms with van der Waals surface area (Å²) in [5.41, 5.74) is 1.86. The second-order valence-electron chi connectivity index (χ2n) is 3.90. The van der Waals surface area contributed by atoms with Gasteiger partial charge in [-0.15, -0.1) is 0 Å². The Morgan fingerprint density at radius 3 is 2.71 bits per heavy atom. The molecule has 2 rings (SSSR count). The van der Waals surface area contributed by atoms with Crippen LogP contribution >= 0.6 is 0 Å². The van der Waals surface area contributed by atoms with Gasteiger partial charge < -0.3 is 5.32 Å². The second kappa shape index (κ2) is 5.59. The molecule has 2 aromatic rings. The molecular weight excluding hydrogens is 217 g/mol. The number of nitrogens with zero attached hydrogens (tertiary/aromatic N) is 2. The molecule has 0 saturated carbocycles. The molecule has 0 aliphatic rings. The van der Waals surface area contributed by atoms with Crippen LogP contribution in [0.2, 0.25) is 0 Å². The van der Waals surface area contributed by atoms with Crippen molar-refractivity contribution in [3.8, 4) is 5.69 Å². The van der Waals surface area contributed by atoms with Crippen LogP contribution in [0.1, 0.15) is 19.0 Å². The van der Waals surface area contributed by atoms with Gasteiger partial charge in [-0.05, 0) is 43.3 Å². The van der Waals surface area contributed by atoms with Crippen molar-refractivity contribution in [3.63, 3.8) is 0 Å². The van der Waals surface area contributed by atoms with Crippen molar-refractivity contribution < 1.29 is 4.39 Å². The monoisotopic (exact) mass is 233 g/mol. The van der Waals surface area contributed by atoms with Gasteiger partial charge in [0.05, 0.1) is 11.4 Å². The fourth-order valence-corrected chi connectivity index (χ4v) is 1.59. The number of hydrogen-bond acceptors (Lipinski definition) is 2. The van der Waals surface area contributed by atoms with Gasteiger partial charge in [0, 0.05) is 12.7 Å². The summed E-state index contributed by atoms with van der Waals surface area (Å²) in [5.74, 6) is -0.231. The molecule has 1 aromatic carbocycles. The van der Waals surface area contributed by atoms with Gasteiger partial charge in [-0.2, -0.15) is 5.10 Å². The van der Waals surface area contributed by atoms with Crippen LogP contribution in [0.3, 0.4) is 0 Å². The summed E-state index contributed by atoms with van der Waals surface area (Å²) in [6.45, 7) is 3.88. The summed E-state index contributed by atoms with van der Waals surface area (Å²) in [7, 11) is 0. The average molecular weight is 233 g/mol. The third-order valence-electron chi connectivity index (χ3n) is 2.47. The van der Waals surface area contributed by atoms with E-state index in [4.69, 9.17) is 0 Å². The molecule has 0 spiro atoms. The van der Waals surface area contributed by atoms with Gasteiger partial charge in [0.1, 0.15) is 5.82 Å². The van der Waals surface area contributed by atoms with Crippen molar-refractivity contribution in [1.29, 1.82) is 0 Å². The standard InChI is InChI=1S/C13H16FN3/c1-2-8-15-10-12-7-9-17(16-12)13-5-3-11(14)4-6-13/h3-7,9,15H,2,8,10H2,1H3. The first-order chi connectivity index (χ1) is 8.29. The zero-order valence-corrected chi connectivity index (χ0v) is 9.86. The molecule has 0 atom stereocenters. The summed E-state index contributed by atoms with van der Waals surface area (Å²) >= 11 is 0. The van der Waals surface area contributed by atoms with E-state index in [1.807, 2.05) is 12.3 Å². The van der Waals surface area contributed by atoms with E-state index in [2.05, 4.69) is 17.3 Å². The lowest BCUT2D eigenvalue weighted by Crippen LogP contribution is -2.14. The normalized spacial score (nSPS) is 10.7. The van der Waals surface area contributed by atoms with E-state index in [0.29, 0.717) is 0 Å². The molecule has 0 aliphatic heterocycles. The van der Waals surface area contributed by atoms with Gasteiger partial charge in [0.25, 0.3) is 0 Å². The molecule has 0 saturated heterocycles. The maximum atomic E-state index is 12.8. The highest BCUT2D eigenvalue weighted by Crippen LogP contribution is 2.08. The molecule has 4 heteroatoms. The van der Waals surface area contributed by atoms with Crippen LogP contribution in [0.5, 0.6) is 0 Å². The Labute approximate surface area is 100 Å². The number of halogens is 1. The Morgan fingerprint density at radius 1 is 1.24 bits per heavy atom. The van der Waals surface area contributed by atoms with E-state index >= 15 is 0 Å². The van der Waals surface area contributed by atoms with Gasteiger partial charge in [-0.1, -0.05) is 6.92 Å². The van der Waals surface area contributed by atoms with Crippen LogP contribution in [-0.4, -0.2) is 16.3 Å². The third-order valence-corrected chi connectivity index (χ3v) is 2.47. The fourth-order valence-electron chi connectivity index (χ4n) is 1.59. The highest BCUT2D eigenvalue weighted by atomic mass is 19.1. The van der Waals surface area contributed by atoms with Gasteiger partial charge in [-0.25, -0.2) is 9.07 Å². The molecule has 17 heavy (non-hydrogen) atoms. The van der Waals surface area contributed by atoms with Crippen LogP contribution in [-0.2, 0) is 6.54 Å². The quantitative estimate of drug-likeness (QED) is 0.804. The Balaban J connectivity index is 2.04. The Bertz CT molecular complexity index is 462. The van der Waals surface area contributed by atoms with Gasteiger partial charge in [-0.3, -0.25) is 0 Å². The van der Waals surface area contributed by atoms with Gasteiger partial charge >= 0.3 is 0 Å². The molecule has 0 fully saturated rings. The summed E-state index contributed by atoms with van der Waals surface area (Å²) in [5, 5.41) is 7.70. The minimum atomic E-state index is -0.231. The van der Waals surface area contributed by atoms with Gasteiger partial charge in [0.2, 0.25) is 0 Å². The zero-order valence-electron chi connectivity index (χ0n) is 9.86. The predicted octanol–water partition coefficient (Wildman–Crippen LogP) is 2.51. The average Bonchev–Trinajstić information content (AvgIpc) is 2.79. The first-order valence-electron chi connectivity index (χ1n) is 5.81. The second-order valence-corrected chi connectivity index (χ2v) is 3.90. The van der Waals surface area contributed by atoms with Crippen LogP contribution in [0.4, 0.5) is 4.39 Å². The fraction of sp³-hybridized carbons (Fsp3) is 0.308. The molecule has 1 N–H and O–H groups in total. The van der Waals surface area contributed by atoms with Crippen molar-refractivity contribution in [1.82, 2.24) is 15.1 Å². The van der Waals surface area contributed by atoms with E-state index in [-0.39, 0.29) is 5.82 Å². The van der Waals surface area contributed by atoms with E-state index in [1.165, 1.54) is 12.1 Å². The lowest BCUT2D eigenvalue weighted by Gasteiger charge is -2.01. The highest BCUT2D eigenvalue weighted by molar-refractivity contribution is 5.31. The molecule has 0 bridgehead atoms. The topological polar surface area (TPSA) is 29.9 Å². The van der Waals surface area contributed by atoms with Crippen molar-refractivity contribution in [2.75, 3.05) is 6.54 Å². The molecule has 1 aromatic heterocycles. The molecule has 90 valence electrons. The lowest BCUT2D eigenvalue weighted by molar-refractivity contribution is 0.626. The number of nitrogens with one attached hydrogen (secondary N) is 1. The van der Waals surface area contributed by atoms with Crippen molar-refractivity contribution in [3.05, 3.63) is 48.0 Å². The number of aromatic nitrogens is 2.